The molecule has 1 N–H and O–H groups in total. The summed E-state index contributed by atoms with van der Waals surface area (Å²) < 4.78 is 11.5. The Balaban J connectivity index is 1.55. The van der Waals surface area contributed by atoms with Crippen LogP contribution in [0.4, 0.5) is 0 Å². The summed E-state index contributed by atoms with van der Waals surface area (Å²) in [6.45, 7) is 10.1. The van der Waals surface area contributed by atoms with Crippen LogP contribution in [-0.2, 0) is 4.74 Å². The van der Waals surface area contributed by atoms with Crippen LogP contribution in [0.3, 0.4) is 0 Å². The zero-order chi connectivity index (χ0) is 18.6. The molecule has 5 heteroatoms. The van der Waals surface area contributed by atoms with Gasteiger partial charge < -0.3 is 14.8 Å². The molecule has 2 saturated heterocycles. The van der Waals surface area contributed by atoms with Crippen molar-refractivity contribution in [3.63, 3.8) is 0 Å². The van der Waals surface area contributed by atoms with Gasteiger partial charge in [-0.1, -0.05) is 12.1 Å². The summed E-state index contributed by atoms with van der Waals surface area (Å²) in [7, 11) is 0. The molecule has 2 aliphatic rings. The average Bonchev–Trinajstić information content (AvgIpc) is 3.13. The number of piperidine rings is 1. The summed E-state index contributed by atoms with van der Waals surface area (Å²) in [6, 6.07) is 7.73. The van der Waals surface area contributed by atoms with E-state index in [-0.39, 0.29) is 23.6 Å². The van der Waals surface area contributed by atoms with E-state index in [1.165, 1.54) is 0 Å². The van der Waals surface area contributed by atoms with Gasteiger partial charge in [-0.15, -0.1) is 0 Å². The number of ether oxygens (including phenoxy) is 2. The van der Waals surface area contributed by atoms with Crippen LogP contribution in [0.5, 0.6) is 5.75 Å². The molecule has 26 heavy (non-hydrogen) atoms. The summed E-state index contributed by atoms with van der Waals surface area (Å²) in [6.07, 6.45) is 4.24. The SMILES string of the molecule is CC(C)(C)N1CCC(NC(=O)c2ccccc2OCC2CCCO2)CC1. The molecule has 0 saturated carbocycles. The first-order valence-corrected chi connectivity index (χ1v) is 9.83. The van der Waals surface area contributed by atoms with E-state index in [1.54, 1.807) is 0 Å². The van der Waals surface area contributed by atoms with Gasteiger partial charge in [-0.3, -0.25) is 9.69 Å². The smallest absolute Gasteiger partial charge is 0.255 e. The van der Waals surface area contributed by atoms with Gasteiger partial charge in [-0.05, 0) is 58.6 Å². The molecule has 0 radical (unpaired) electrons. The predicted molar refractivity (Wildman–Crippen MR) is 103 cm³/mol. The molecule has 2 fully saturated rings. The van der Waals surface area contributed by atoms with Crippen molar-refractivity contribution < 1.29 is 14.3 Å². The van der Waals surface area contributed by atoms with Crippen molar-refractivity contribution in [1.29, 1.82) is 0 Å². The Labute approximate surface area is 157 Å². The van der Waals surface area contributed by atoms with Crippen LogP contribution in [0.2, 0.25) is 0 Å². The fourth-order valence-corrected chi connectivity index (χ4v) is 3.70. The quantitative estimate of drug-likeness (QED) is 0.876. The number of hydrogen-bond donors (Lipinski definition) is 1. The van der Waals surface area contributed by atoms with Crippen LogP contribution >= 0.6 is 0 Å². The molecule has 144 valence electrons. The third-order valence-corrected chi connectivity index (χ3v) is 5.36. The number of hydrogen-bond acceptors (Lipinski definition) is 4. The molecule has 2 aliphatic heterocycles. The number of likely N-dealkylation sites (tertiary alicyclic amines) is 1. The maximum atomic E-state index is 12.8. The lowest BCUT2D eigenvalue weighted by Crippen LogP contribution is -2.50. The standard InChI is InChI=1S/C21H32N2O3/c1-21(2,3)23-12-10-16(11-13-23)22-20(24)18-8-4-5-9-19(18)26-15-17-7-6-14-25-17/h4-5,8-9,16-17H,6-7,10-15H2,1-3H3,(H,22,24). The van der Waals surface area contributed by atoms with Crippen molar-refractivity contribution in [2.75, 3.05) is 26.3 Å². The van der Waals surface area contributed by atoms with Gasteiger partial charge in [0, 0.05) is 31.3 Å². The van der Waals surface area contributed by atoms with Crippen molar-refractivity contribution in [3.05, 3.63) is 29.8 Å². The zero-order valence-electron chi connectivity index (χ0n) is 16.3. The van der Waals surface area contributed by atoms with E-state index < -0.39 is 0 Å². The highest BCUT2D eigenvalue weighted by Gasteiger charge is 2.28. The topological polar surface area (TPSA) is 50.8 Å². The summed E-state index contributed by atoms with van der Waals surface area (Å²) in [4.78, 5) is 15.3. The van der Waals surface area contributed by atoms with Gasteiger partial charge in [0.15, 0.2) is 0 Å². The lowest BCUT2D eigenvalue weighted by molar-refractivity contribution is 0.0665. The molecule has 0 aromatic heterocycles. The lowest BCUT2D eigenvalue weighted by Gasteiger charge is -2.41. The van der Waals surface area contributed by atoms with Gasteiger partial charge >= 0.3 is 0 Å². The van der Waals surface area contributed by atoms with Crippen molar-refractivity contribution in [2.24, 2.45) is 0 Å². The Morgan fingerprint density at radius 2 is 1.96 bits per heavy atom. The molecule has 1 unspecified atom stereocenters. The first kappa shape index (κ1) is 19.2. The number of para-hydroxylation sites is 1. The highest BCUT2D eigenvalue weighted by Crippen LogP contribution is 2.23. The Hall–Kier alpha value is -1.59. The summed E-state index contributed by atoms with van der Waals surface area (Å²) in [5.74, 6) is 0.606. The molecule has 0 spiro atoms. The van der Waals surface area contributed by atoms with E-state index >= 15 is 0 Å². The molecular weight excluding hydrogens is 328 g/mol. The van der Waals surface area contributed by atoms with Gasteiger partial charge in [0.1, 0.15) is 12.4 Å². The predicted octanol–water partition coefficient (Wildman–Crippen LogP) is 3.24. The second-order valence-corrected chi connectivity index (χ2v) is 8.35. The second kappa shape index (κ2) is 8.40. The van der Waals surface area contributed by atoms with E-state index in [9.17, 15) is 4.79 Å². The molecule has 1 aromatic carbocycles. The molecule has 1 aromatic rings. The molecule has 2 heterocycles. The molecule has 5 nitrogen and oxygen atoms in total. The van der Waals surface area contributed by atoms with Crippen molar-refractivity contribution in [2.45, 2.75) is 64.1 Å². The minimum absolute atomic E-state index is 0.0397. The minimum Gasteiger partial charge on any atom is -0.490 e. The van der Waals surface area contributed by atoms with E-state index in [1.807, 2.05) is 24.3 Å². The number of carbonyl (C=O) groups is 1. The van der Waals surface area contributed by atoms with Gasteiger partial charge in [-0.25, -0.2) is 0 Å². The number of rotatable bonds is 5. The Kier molecular flexibility index (Phi) is 6.20. The molecule has 3 rings (SSSR count). The first-order valence-electron chi connectivity index (χ1n) is 9.83. The van der Waals surface area contributed by atoms with Gasteiger partial charge in [-0.2, -0.15) is 0 Å². The van der Waals surface area contributed by atoms with Crippen LogP contribution in [0, 0.1) is 0 Å². The van der Waals surface area contributed by atoms with Crippen LogP contribution in [-0.4, -0.2) is 54.8 Å². The van der Waals surface area contributed by atoms with Crippen molar-refractivity contribution >= 4 is 5.91 Å². The van der Waals surface area contributed by atoms with Crippen molar-refractivity contribution in [1.82, 2.24) is 10.2 Å². The van der Waals surface area contributed by atoms with E-state index in [0.29, 0.717) is 17.9 Å². The average molecular weight is 360 g/mol. The maximum Gasteiger partial charge on any atom is 0.255 e. The third kappa shape index (κ3) is 4.98. The van der Waals surface area contributed by atoms with Crippen LogP contribution in [0.15, 0.2) is 24.3 Å². The van der Waals surface area contributed by atoms with Gasteiger partial charge in [0.2, 0.25) is 0 Å². The minimum atomic E-state index is -0.0397. The number of benzene rings is 1. The lowest BCUT2D eigenvalue weighted by atomic mass is 9.98. The van der Waals surface area contributed by atoms with E-state index in [0.717, 1.165) is 45.4 Å². The monoisotopic (exact) mass is 360 g/mol. The molecule has 0 aliphatic carbocycles. The molecule has 0 bridgehead atoms. The summed E-state index contributed by atoms with van der Waals surface area (Å²) in [5.41, 5.74) is 0.807. The maximum absolute atomic E-state index is 12.8. The van der Waals surface area contributed by atoms with Crippen molar-refractivity contribution in [3.8, 4) is 5.75 Å². The molecular formula is C21H32N2O3. The Morgan fingerprint density at radius 3 is 2.62 bits per heavy atom. The Morgan fingerprint density at radius 1 is 1.23 bits per heavy atom. The fraction of sp³-hybridized carbons (Fsp3) is 0.667. The molecule has 1 amide bonds. The van der Waals surface area contributed by atoms with Gasteiger partial charge in [0.25, 0.3) is 5.91 Å². The summed E-state index contributed by atoms with van der Waals surface area (Å²) >= 11 is 0. The van der Waals surface area contributed by atoms with E-state index in [4.69, 9.17) is 9.47 Å². The largest absolute Gasteiger partial charge is 0.490 e. The second-order valence-electron chi connectivity index (χ2n) is 8.35. The zero-order valence-corrected chi connectivity index (χ0v) is 16.3. The summed E-state index contributed by atoms with van der Waals surface area (Å²) in [5, 5.41) is 3.20. The fourth-order valence-electron chi connectivity index (χ4n) is 3.70. The molecule has 1 atom stereocenters. The van der Waals surface area contributed by atoms with E-state index in [2.05, 4.69) is 31.0 Å². The first-order chi connectivity index (χ1) is 12.4. The highest BCUT2D eigenvalue weighted by atomic mass is 16.5. The number of nitrogens with zero attached hydrogens (tertiary/aromatic N) is 1. The Bertz CT molecular complexity index is 598. The number of carbonyl (C=O) groups excluding carboxylic acids is 1. The highest BCUT2D eigenvalue weighted by molar-refractivity contribution is 5.97. The normalized spacial score (nSPS) is 22.3. The number of nitrogens with one attached hydrogen (secondary N) is 1. The third-order valence-electron chi connectivity index (χ3n) is 5.36. The van der Waals surface area contributed by atoms with Crippen LogP contribution in [0.1, 0.15) is 56.8 Å². The number of amides is 1. The van der Waals surface area contributed by atoms with Gasteiger partial charge in [0.05, 0.1) is 11.7 Å². The van der Waals surface area contributed by atoms with Crippen LogP contribution < -0.4 is 10.1 Å². The van der Waals surface area contributed by atoms with Crippen LogP contribution in [0.25, 0.3) is 0 Å².